The summed E-state index contributed by atoms with van der Waals surface area (Å²) in [5.41, 5.74) is -0.438. The van der Waals surface area contributed by atoms with Crippen LogP contribution in [-0.4, -0.2) is 35.7 Å². The fourth-order valence-corrected chi connectivity index (χ4v) is 4.38. The lowest BCUT2D eigenvalue weighted by atomic mass is 10.0. The van der Waals surface area contributed by atoms with Crippen LogP contribution in [0.2, 0.25) is 0 Å². The zero-order chi connectivity index (χ0) is 16.3. The predicted octanol–water partition coefficient (Wildman–Crippen LogP) is 4.56. The Morgan fingerprint density at radius 1 is 1.55 bits per heavy atom. The van der Waals surface area contributed by atoms with Gasteiger partial charge in [0.05, 0.1) is 0 Å². The molecule has 1 aromatic heterocycles. The van der Waals surface area contributed by atoms with Crippen molar-refractivity contribution in [1.82, 2.24) is 10.2 Å². The van der Waals surface area contributed by atoms with Crippen LogP contribution in [0.25, 0.3) is 0 Å². The molecule has 124 valence electrons. The van der Waals surface area contributed by atoms with E-state index in [1.165, 1.54) is 4.88 Å². The average molecular weight is 389 g/mol. The normalized spacial score (nSPS) is 20.8. The highest BCUT2D eigenvalue weighted by molar-refractivity contribution is 9.10. The minimum absolute atomic E-state index is 0.205. The van der Waals surface area contributed by atoms with Gasteiger partial charge < -0.3 is 15.0 Å². The van der Waals surface area contributed by atoms with Crippen LogP contribution in [0.5, 0.6) is 0 Å². The van der Waals surface area contributed by atoms with E-state index in [1.54, 1.807) is 11.3 Å². The van der Waals surface area contributed by atoms with E-state index in [0.717, 1.165) is 23.9 Å². The van der Waals surface area contributed by atoms with Crippen molar-refractivity contribution in [3.8, 4) is 0 Å². The Balaban J connectivity index is 1.91. The number of carbonyl (C=O) groups is 1. The summed E-state index contributed by atoms with van der Waals surface area (Å²) in [6.07, 6.45) is 1.89. The second-order valence-electron chi connectivity index (χ2n) is 6.79. The molecule has 0 saturated carbocycles. The first-order valence-electron chi connectivity index (χ1n) is 7.73. The zero-order valence-electron chi connectivity index (χ0n) is 13.7. The molecule has 6 heteroatoms. The maximum absolute atomic E-state index is 12.2. The van der Waals surface area contributed by atoms with Gasteiger partial charge in [-0.05, 0) is 67.9 Å². The minimum Gasteiger partial charge on any atom is -0.444 e. The highest BCUT2D eigenvalue weighted by Gasteiger charge is 2.28. The molecule has 2 atom stereocenters. The van der Waals surface area contributed by atoms with Crippen LogP contribution in [0.1, 0.15) is 51.5 Å². The fraction of sp³-hybridized carbons (Fsp3) is 0.688. The average Bonchev–Trinajstić information content (AvgIpc) is 2.83. The van der Waals surface area contributed by atoms with Gasteiger partial charge in [-0.2, -0.15) is 0 Å². The third-order valence-electron chi connectivity index (χ3n) is 3.60. The van der Waals surface area contributed by atoms with Gasteiger partial charge >= 0.3 is 6.09 Å². The molecule has 2 heterocycles. The number of ether oxygens (including phenoxy) is 1. The first-order chi connectivity index (χ1) is 10.3. The Morgan fingerprint density at radius 2 is 2.27 bits per heavy atom. The molecule has 4 nitrogen and oxygen atoms in total. The van der Waals surface area contributed by atoms with Gasteiger partial charge in [-0.15, -0.1) is 11.3 Å². The summed E-state index contributed by atoms with van der Waals surface area (Å²) in [6, 6.07) is 2.66. The summed E-state index contributed by atoms with van der Waals surface area (Å²) in [4.78, 5) is 15.3. The smallest absolute Gasteiger partial charge is 0.410 e. The molecular formula is C16H25BrN2O2S. The number of thiophene rings is 1. The van der Waals surface area contributed by atoms with Crippen LogP contribution in [-0.2, 0) is 4.74 Å². The lowest BCUT2D eigenvalue weighted by molar-refractivity contribution is 0.0184. The predicted molar refractivity (Wildman–Crippen MR) is 94.4 cm³/mol. The molecule has 1 fully saturated rings. The molecule has 1 aliphatic heterocycles. The molecule has 1 aliphatic rings. The fourth-order valence-electron chi connectivity index (χ4n) is 2.65. The molecule has 1 N–H and O–H groups in total. The van der Waals surface area contributed by atoms with Crippen LogP contribution in [0.4, 0.5) is 4.79 Å². The number of likely N-dealkylation sites (tertiary alicyclic amines) is 1. The van der Waals surface area contributed by atoms with Gasteiger partial charge in [0.15, 0.2) is 0 Å². The van der Waals surface area contributed by atoms with Crippen LogP contribution >= 0.6 is 27.3 Å². The second-order valence-corrected chi connectivity index (χ2v) is 8.59. The van der Waals surface area contributed by atoms with E-state index in [4.69, 9.17) is 4.74 Å². The highest BCUT2D eigenvalue weighted by atomic mass is 79.9. The number of halogens is 1. The summed E-state index contributed by atoms with van der Waals surface area (Å²) in [5, 5.41) is 5.73. The van der Waals surface area contributed by atoms with Gasteiger partial charge in [0.2, 0.25) is 0 Å². The number of hydrogen-bond donors (Lipinski definition) is 1. The van der Waals surface area contributed by atoms with Crippen LogP contribution in [0, 0.1) is 0 Å². The Hall–Kier alpha value is -0.590. The van der Waals surface area contributed by atoms with E-state index < -0.39 is 5.60 Å². The summed E-state index contributed by atoms with van der Waals surface area (Å²) < 4.78 is 6.63. The number of amides is 1. The van der Waals surface area contributed by atoms with Gasteiger partial charge in [0.1, 0.15) is 5.60 Å². The number of piperidine rings is 1. The SMILES string of the molecule is CC(NC1CCCN(C(=O)OC(C)(C)C)C1)c1sccc1Br. The quantitative estimate of drug-likeness (QED) is 0.824. The van der Waals surface area contributed by atoms with Crippen LogP contribution in [0.3, 0.4) is 0 Å². The summed E-state index contributed by atoms with van der Waals surface area (Å²) in [7, 11) is 0. The summed E-state index contributed by atoms with van der Waals surface area (Å²) >= 11 is 5.33. The number of carbonyl (C=O) groups excluding carboxylic acids is 1. The lowest BCUT2D eigenvalue weighted by Gasteiger charge is -2.35. The van der Waals surface area contributed by atoms with Crippen molar-refractivity contribution in [2.75, 3.05) is 13.1 Å². The summed E-state index contributed by atoms with van der Waals surface area (Å²) in [6.45, 7) is 9.37. The topological polar surface area (TPSA) is 41.6 Å². The van der Waals surface area contributed by atoms with Crippen molar-refractivity contribution in [2.45, 2.75) is 58.2 Å². The number of hydrogen-bond acceptors (Lipinski definition) is 4. The molecule has 0 aromatic carbocycles. The van der Waals surface area contributed by atoms with Gasteiger partial charge in [-0.1, -0.05) is 0 Å². The zero-order valence-corrected chi connectivity index (χ0v) is 16.1. The number of nitrogens with one attached hydrogen (secondary N) is 1. The Bertz CT molecular complexity index is 512. The Kier molecular flexibility index (Phi) is 5.91. The second kappa shape index (κ2) is 7.32. The summed E-state index contributed by atoms with van der Waals surface area (Å²) in [5.74, 6) is 0. The maximum Gasteiger partial charge on any atom is 0.410 e. The molecule has 2 unspecified atom stereocenters. The van der Waals surface area contributed by atoms with Gasteiger partial charge in [0.25, 0.3) is 0 Å². The van der Waals surface area contributed by atoms with E-state index in [1.807, 2.05) is 25.7 Å². The standard InChI is InChI=1S/C16H25BrN2O2S/c1-11(14-13(17)7-9-22-14)18-12-6-5-8-19(10-12)15(20)21-16(2,3)4/h7,9,11-12,18H,5-6,8,10H2,1-4H3. The van der Waals surface area contributed by atoms with Gasteiger partial charge in [0, 0.05) is 34.5 Å². The van der Waals surface area contributed by atoms with Crippen molar-refractivity contribution >= 4 is 33.4 Å². The molecule has 22 heavy (non-hydrogen) atoms. The molecular weight excluding hydrogens is 364 g/mol. The Morgan fingerprint density at radius 3 is 2.86 bits per heavy atom. The lowest BCUT2D eigenvalue weighted by Crippen LogP contribution is -2.49. The van der Waals surface area contributed by atoms with Crippen molar-refractivity contribution in [2.24, 2.45) is 0 Å². The molecule has 0 bridgehead atoms. The van der Waals surface area contributed by atoms with E-state index >= 15 is 0 Å². The van der Waals surface area contributed by atoms with Crippen LogP contribution in [0.15, 0.2) is 15.9 Å². The third kappa shape index (κ3) is 4.96. The molecule has 1 amide bonds. The molecule has 0 radical (unpaired) electrons. The van der Waals surface area contributed by atoms with Crippen molar-refractivity contribution < 1.29 is 9.53 Å². The monoisotopic (exact) mass is 388 g/mol. The van der Waals surface area contributed by atoms with Crippen molar-refractivity contribution in [1.29, 1.82) is 0 Å². The first kappa shape index (κ1) is 17.8. The molecule has 1 aromatic rings. The molecule has 0 spiro atoms. The number of rotatable bonds is 3. The van der Waals surface area contributed by atoms with E-state index in [-0.39, 0.29) is 12.1 Å². The molecule has 2 rings (SSSR count). The first-order valence-corrected chi connectivity index (χ1v) is 9.40. The third-order valence-corrected chi connectivity index (χ3v) is 5.65. The highest BCUT2D eigenvalue weighted by Crippen LogP contribution is 2.29. The van der Waals surface area contributed by atoms with E-state index in [9.17, 15) is 4.79 Å². The number of nitrogens with zero attached hydrogens (tertiary/aromatic N) is 1. The van der Waals surface area contributed by atoms with E-state index in [2.05, 4.69) is 39.6 Å². The van der Waals surface area contributed by atoms with Crippen molar-refractivity contribution in [3.63, 3.8) is 0 Å². The molecule has 0 aliphatic carbocycles. The largest absolute Gasteiger partial charge is 0.444 e. The molecule has 1 saturated heterocycles. The van der Waals surface area contributed by atoms with Crippen LogP contribution < -0.4 is 5.32 Å². The maximum atomic E-state index is 12.2. The van der Waals surface area contributed by atoms with Crippen molar-refractivity contribution in [3.05, 3.63) is 20.8 Å². The van der Waals surface area contributed by atoms with E-state index in [0.29, 0.717) is 12.6 Å². The Labute approximate surface area is 145 Å². The van der Waals surface area contributed by atoms with Gasteiger partial charge in [-0.3, -0.25) is 0 Å². The van der Waals surface area contributed by atoms with Gasteiger partial charge in [-0.25, -0.2) is 4.79 Å². The minimum atomic E-state index is -0.438.